The largest absolute Gasteiger partial charge is 0.395 e. The summed E-state index contributed by atoms with van der Waals surface area (Å²) in [4.78, 5) is 24.6. The van der Waals surface area contributed by atoms with Gasteiger partial charge in [0.15, 0.2) is 0 Å². The molecule has 0 aliphatic rings. The van der Waals surface area contributed by atoms with Crippen molar-refractivity contribution in [3.8, 4) is 0 Å². The van der Waals surface area contributed by atoms with Crippen LogP contribution in [0.4, 0.5) is 0 Å². The van der Waals surface area contributed by atoms with Crippen LogP contribution in [0, 0.1) is 0 Å². The summed E-state index contributed by atoms with van der Waals surface area (Å²) in [6, 6.07) is 0. The Morgan fingerprint density at radius 2 is 1.88 bits per heavy atom. The summed E-state index contributed by atoms with van der Waals surface area (Å²) in [5.74, 6) is -1.12. The highest BCUT2D eigenvalue weighted by atomic mass is 16.3. The van der Waals surface area contributed by atoms with Gasteiger partial charge in [-0.1, -0.05) is 20.3 Å². The van der Waals surface area contributed by atoms with Gasteiger partial charge < -0.3 is 15.3 Å². The number of unbranched alkanes of at least 4 members (excludes halogenated alkanes) is 1. The highest BCUT2D eigenvalue weighted by molar-refractivity contribution is 6.34. The minimum Gasteiger partial charge on any atom is -0.395 e. The van der Waals surface area contributed by atoms with Gasteiger partial charge in [0.25, 0.3) is 0 Å². The fraction of sp³-hybridized carbons (Fsp3) is 0.818. The Bertz CT molecular complexity index is 219. The molecule has 5 heteroatoms. The molecule has 94 valence electrons. The van der Waals surface area contributed by atoms with Gasteiger partial charge in [0.1, 0.15) is 0 Å². The number of carbonyl (C=O) groups excluding carboxylic acids is 2. The predicted octanol–water partition coefficient (Wildman–Crippen LogP) is 0.134. The van der Waals surface area contributed by atoms with Crippen LogP contribution < -0.4 is 5.32 Å². The quantitative estimate of drug-likeness (QED) is 0.611. The molecule has 0 unspecified atom stereocenters. The number of nitrogens with one attached hydrogen (secondary N) is 1. The van der Waals surface area contributed by atoms with E-state index >= 15 is 0 Å². The van der Waals surface area contributed by atoms with Gasteiger partial charge in [0, 0.05) is 19.6 Å². The summed E-state index contributed by atoms with van der Waals surface area (Å²) in [6.45, 7) is 5.21. The highest BCUT2D eigenvalue weighted by Crippen LogP contribution is 1.98. The monoisotopic (exact) mass is 230 g/mol. The van der Waals surface area contributed by atoms with Crippen molar-refractivity contribution >= 4 is 11.8 Å². The van der Waals surface area contributed by atoms with E-state index in [0.29, 0.717) is 13.1 Å². The van der Waals surface area contributed by atoms with Crippen molar-refractivity contribution in [1.29, 1.82) is 0 Å². The molecule has 0 aliphatic carbocycles. The van der Waals surface area contributed by atoms with Crippen LogP contribution in [0.15, 0.2) is 0 Å². The maximum absolute atomic E-state index is 11.7. The van der Waals surface area contributed by atoms with Crippen LogP contribution >= 0.6 is 0 Å². The Morgan fingerprint density at radius 3 is 2.38 bits per heavy atom. The van der Waals surface area contributed by atoms with Crippen molar-refractivity contribution < 1.29 is 14.7 Å². The zero-order valence-corrected chi connectivity index (χ0v) is 10.2. The zero-order valence-electron chi connectivity index (χ0n) is 10.2. The molecule has 0 aromatic rings. The van der Waals surface area contributed by atoms with Crippen LogP contribution in [0.5, 0.6) is 0 Å². The van der Waals surface area contributed by atoms with Gasteiger partial charge in [-0.3, -0.25) is 9.59 Å². The molecule has 0 saturated carbocycles. The average molecular weight is 230 g/mol. The number of rotatable bonds is 7. The number of nitrogens with zero attached hydrogens (tertiary/aromatic N) is 1. The Balaban J connectivity index is 4.18. The van der Waals surface area contributed by atoms with Crippen molar-refractivity contribution in [2.75, 3.05) is 26.2 Å². The predicted molar refractivity (Wildman–Crippen MR) is 61.9 cm³/mol. The second-order valence-electron chi connectivity index (χ2n) is 3.63. The molecule has 0 spiro atoms. The Morgan fingerprint density at radius 1 is 1.19 bits per heavy atom. The molecule has 0 aromatic heterocycles. The molecule has 0 bridgehead atoms. The molecule has 0 aromatic carbocycles. The standard InChI is InChI=1S/C11H22N2O3/c1-3-5-8-13(7-4-2)11(16)10(15)12-6-9-14/h14H,3-9H2,1-2H3,(H,12,15). The van der Waals surface area contributed by atoms with Gasteiger partial charge in [0.2, 0.25) is 0 Å². The number of hydrogen-bond donors (Lipinski definition) is 2. The van der Waals surface area contributed by atoms with E-state index in [4.69, 9.17) is 5.11 Å². The third-order valence-electron chi connectivity index (χ3n) is 2.15. The fourth-order valence-electron chi connectivity index (χ4n) is 1.32. The lowest BCUT2D eigenvalue weighted by Gasteiger charge is -2.21. The van der Waals surface area contributed by atoms with Gasteiger partial charge in [0.05, 0.1) is 6.61 Å². The van der Waals surface area contributed by atoms with E-state index < -0.39 is 11.8 Å². The first-order valence-electron chi connectivity index (χ1n) is 5.85. The van der Waals surface area contributed by atoms with Crippen LogP contribution in [0.3, 0.4) is 0 Å². The number of amides is 2. The summed E-state index contributed by atoms with van der Waals surface area (Å²) in [5.41, 5.74) is 0. The third kappa shape index (κ3) is 5.70. The molecule has 0 radical (unpaired) electrons. The number of hydrogen-bond acceptors (Lipinski definition) is 3. The van der Waals surface area contributed by atoms with Crippen molar-refractivity contribution in [3.05, 3.63) is 0 Å². The second kappa shape index (κ2) is 9.15. The first-order valence-corrected chi connectivity index (χ1v) is 5.85. The minimum absolute atomic E-state index is 0.123. The van der Waals surface area contributed by atoms with Gasteiger partial charge in [-0.25, -0.2) is 0 Å². The first kappa shape index (κ1) is 14.9. The maximum Gasteiger partial charge on any atom is 0.311 e. The van der Waals surface area contributed by atoms with Crippen molar-refractivity contribution in [2.24, 2.45) is 0 Å². The molecule has 0 aliphatic heterocycles. The zero-order chi connectivity index (χ0) is 12.4. The van der Waals surface area contributed by atoms with Crippen LogP contribution in [0.1, 0.15) is 33.1 Å². The fourth-order valence-corrected chi connectivity index (χ4v) is 1.32. The van der Waals surface area contributed by atoms with Crippen molar-refractivity contribution in [1.82, 2.24) is 10.2 Å². The molecule has 16 heavy (non-hydrogen) atoms. The molecule has 2 N–H and O–H groups in total. The van der Waals surface area contributed by atoms with E-state index in [1.807, 2.05) is 13.8 Å². The molecule has 0 heterocycles. The Labute approximate surface area is 96.8 Å². The molecule has 2 amide bonds. The SMILES string of the molecule is CCCCN(CCC)C(=O)C(=O)NCCO. The molecular formula is C11H22N2O3. The van der Waals surface area contributed by atoms with Crippen molar-refractivity contribution in [3.63, 3.8) is 0 Å². The van der Waals surface area contributed by atoms with Crippen LogP contribution in [-0.4, -0.2) is 48.1 Å². The number of aliphatic hydroxyl groups excluding tert-OH is 1. The van der Waals surface area contributed by atoms with Crippen LogP contribution in [0.25, 0.3) is 0 Å². The minimum atomic E-state index is -0.626. The lowest BCUT2D eigenvalue weighted by Crippen LogP contribution is -2.44. The van der Waals surface area contributed by atoms with E-state index in [1.165, 1.54) is 0 Å². The number of carbonyl (C=O) groups is 2. The topological polar surface area (TPSA) is 69.6 Å². The van der Waals surface area contributed by atoms with E-state index in [-0.39, 0.29) is 13.2 Å². The molecule has 0 atom stereocenters. The molecule has 0 saturated heterocycles. The molecule has 5 nitrogen and oxygen atoms in total. The van der Waals surface area contributed by atoms with E-state index in [2.05, 4.69) is 5.32 Å². The van der Waals surface area contributed by atoms with Crippen LogP contribution in [-0.2, 0) is 9.59 Å². The Kier molecular flexibility index (Phi) is 8.52. The van der Waals surface area contributed by atoms with E-state index in [0.717, 1.165) is 19.3 Å². The average Bonchev–Trinajstić information content (AvgIpc) is 2.30. The van der Waals surface area contributed by atoms with Crippen molar-refractivity contribution in [2.45, 2.75) is 33.1 Å². The van der Waals surface area contributed by atoms with E-state index in [1.54, 1.807) is 4.90 Å². The summed E-state index contributed by atoms with van der Waals surface area (Å²) in [5, 5.41) is 10.9. The van der Waals surface area contributed by atoms with Gasteiger partial charge in [-0.05, 0) is 12.8 Å². The normalized spacial score (nSPS) is 9.94. The molecule has 0 rings (SSSR count). The molecule has 0 fully saturated rings. The maximum atomic E-state index is 11.7. The summed E-state index contributed by atoms with van der Waals surface area (Å²) >= 11 is 0. The van der Waals surface area contributed by atoms with E-state index in [9.17, 15) is 9.59 Å². The van der Waals surface area contributed by atoms with Crippen LogP contribution in [0.2, 0.25) is 0 Å². The smallest absolute Gasteiger partial charge is 0.311 e. The molecular weight excluding hydrogens is 208 g/mol. The highest BCUT2D eigenvalue weighted by Gasteiger charge is 2.19. The van der Waals surface area contributed by atoms with Gasteiger partial charge in [-0.2, -0.15) is 0 Å². The first-order chi connectivity index (χ1) is 7.67. The summed E-state index contributed by atoms with van der Waals surface area (Å²) in [7, 11) is 0. The summed E-state index contributed by atoms with van der Waals surface area (Å²) < 4.78 is 0. The second-order valence-corrected chi connectivity index (χ2v) is 3.63. The van der Waals surface area contributed by atoms with Gasteiger partial charge in [-0.15, -0.1) is 0 Å². The lowest BCUT2D eigenvalue weighted by atomic mass is 10.3. The lowest BCUT2D eigenvalue weighted by molar-refractivity contribution is -0.146. The summed E-state index contributed by atoms with van der Waals surface area (Å²) in [6.07, 6.45) is 2.73. The van der Waals surface area contributed by atoms with Gasteiger partial charge >= 0.3 is 11.8 Å². The Hall–Kier alpha value is -1.10. The number of aliphatic hydroxyl groups is 1. The third-order valence-corrected chi connectivity index (χ3v) is 2.15.